The number of hydrogen-bond donors (Lipinski definition) is 2. The first-order valence-corrected chi connectivity index (χ1v) is 7.56. The van der Waals surface area contributed by atoms with Gasteiger partial charge in [0.15, 0.2) is 5.78 Å². The van der Waals surface area contributed by atoms with Gasteiger partial charge in [-0.1, -0.05) is 6.58 Å². The second kappa shape index (κ2) is 7.63. The molecule has 0 rings (SSSR count). The predicted octanol–water partition coefficient (Wildman–Crippen LogP) is -0.799. The lowest BCUT2D eigenvalue weighted by molar-refractivity contribution is -0.117. The second-order valence-electron chi connectivity index (χ2n) is 4.41. The summed E-state index contributed by atoms with van der Waals surface area (Å²) in [5.74, 6) is -0.0274. The minimum absolute atomic E-state index is 0.0274. The van der Waals surface area contributed by atoms with E-state index in [1.165, 1.54) is 0 Å². The fraction of sp³-hybridized carbons (Fsp3) is 0.727. The number of nitrogens with one attached hydrogen (secondary N) is 2. The number of sulfonamides is 1. The Bertz CT molecular complexity index is 392. The number of carbonyl (C=O) groups excluding carboxylic acids is 1. The Labute approximate surface area is 109 Å². The van der Waals surface area contributed by atoms with Gasteiger partial charge in [-0.3, -0.25) is 4.79 Å². The number of Topliss-reactive ketones (excluding diaryl/α,β-unsaturated/α-hetero) is 1. The molecule has 0 aliphatic carbocycles. The molecule has 1 unspecified atom stereocenters. The molecule has 0 spiro atoms. The van der Waals surface area contributed by atoms with Crippen LogP contribution >= 0.6 is 0 Å². The summed E-state index contributed by atoms with van der Waals surface area (Å²) in [5.41, 5.74) is 0.511. The van der Waals surface area contributed by atoms with Crippen molar-refractivity contribution in [2.45, 2.75) is 13.0 Å². The molecule has 1 atom stereocenters. The van der Waals surface area contributed by atoms with Crippen LogP contribution in [0.5, 0.6) is 0 Å². The fourth-order valence-corrected chi connectivity index (χ4v) is 1.89. The van der Waals surface area contributed by atoms with E-state index in [2.05, 4.69) is 16.6 Å². The molecule has 0 heterocycles. The standard InChI is InChI=1S/C11H23N3O3S/c1-9(2)11(15)10(12-3)8-14(4)7-6-13-18(5,16)17/h10,12-13H,1,6-8H2,2-5H3. The lowest BCUT2D eigenvalue weighted by atomic mass is 10.1. The zero-order valence-electron chi connectivity index (χ0n) is 11.5. The van der Waals surface area contributed by atoms with Crippen molar-refractivity contribution in [1.29, 1.82) is 0 Å². The Hall–Kier alpha value is -0.760. The molecule has 0 amide bonds. The Kier molecular flexibility index (Phi) is 7.30. The average molecular weight is 277 g/mol. The Morgan fingerprint density at radius 3 is 2.39 bits per heavy atom. The van der Waals surface area contributed by atoms with Crippen molar-refractivity contribution < 1.29 is 13.2 Å². The summed E-state index contributed by atoms with van der Waals surface area (Å²) >= 11 is 0. The lowest BCUT2D eigenvalue weighted by Crippen LogP contribution is -2.45. The van der Waals surface area contributed by atoms with Crippen LogP contribution in [0, 0.1) is 0 Å². The first-order valence-electron chi connectivity index (χ1n) is 5.67. The van der Waals surface area contributed by atoms with E-state index in [1.807, 2.05) is 11.9 Å². The number of rotatable bonds is 9. The number of likely N-dealkylation sites (N-methyl/N-ethyl adjacent to an activating group) is 2. The molecule has 0 saturated heterocycles. The molecule has 18 heavy (non-hydrogen) atoms. The second-order valence-corrected chi connectivity index (χ2v) is 6.25. The Morgan fingerprint density at radius 2 is 2.00 bits per heavy atom. The van der Waals surface area contributed by atoms with Crippen LogP contribution in [0.2, 0.25) is 0 Å². The molecule has 0 saturated carbocycles. The minimum atomic E-state index is -3.16. The van der Waals surface area contributed by atoms with E-state index in [0.717, 1.165) is 6.26 Å². The zero-order valence-corrected chi connectivity index (χ0v) is 12.3. The van der Waals surface area contributed by atoms with Gasteiger partial charge in [-0.2, -0.15) is 0 Å². The Balaban J connectivity index is 4.16. The van der Waals surface area contributed by atoms with E-state index in [1.54, 1.807) is 14.0 Å². The quantitative estimate of drug-likeness (QED) is 0.540. The van der Waals surface area contributed by atoms with E-state index in [9.17, 15) is 13.2 Å². The summed E-state index contributed by atoms with van der Waals surface area (Å²) in [6.45, 7) is 6.67. The summed E-state index contributed by atoms with van der Waals surface area (Å²) in [7, 11) is 0.393. The maximum atomic E-state index is 11.7. The molecule has 0 radical (unpaired) electrons. The van der Waals surface area contributed by atoms with Crippen LogP contribution < -0.4 is 10.0 Å². The van der Waals surface area contributed by atoms with Gasteiger partial charge in [-0.15, -0.1) is 0 Å². The highest BCUT2D eigenvalue weighted by Crippen LogP contribution is 1.98. The largest absolute Gasteiger partial charge is 0.309 e. The van der Waals surface area contributed by atoms with E-state index in [4.69, 9.17) is 0 Å². The Morgan fingerprint density at radius 1 is 1.44 bits per heavy atom. The molecule has 0 aliphatic rings. The first kappa shape index (κ1) is 17.2. The summed E-state index contributed by atoms with van der Waals surface area (Å²) in [6.07, 6.45) is 1.12. The van der Waals surface area contributed by atoms with Crippen LogP contribution in [0.1, 0.15) is 6.92 Å². The van der Waals surface area contributed by atoms with Gasteiger partial charge in [0.25, 0.3) is 0 Å². The van der Waals surface area contributed by atoms with Gasteiger partial charge in [0.05, 0.1) is 12.3 Å². The van der Waals surface area contributed by atoms with Gasteiger partial charge in [-0.05, 0) is 26.6 Å². The highest BCUT2D eigenvalue weighted by atomic mass is 32.2. The van der Waals surface area contributed by atoms with Crippen molar-refractivity contribution in [1.82, 2.24) is 14.9 Å². The van der Waals surface area contributed by atoms with Crippen molar-refractivity contribution in [3.63, 3.8) is 0 Å². The number of ketones is 1. The molecule has 0 aromatic carbocycles. The molecule has 0 fully saturated rings. The van der Waals surface area contributed by atoms with E-state index < -0.39 is 10.0 Å². The monoisotopic (exact) mass is 277 g/mol. The van der Waals surface area contributed by atoms with Crippen molar-refractivity contribution >= 4 is 15.8 Å². The third-order valence-corrected chi connectivity index (χ3v) is 3.17. The van der Waals surface area contributed by atoms with Gasteiger partial charge in [0.1, 0.15) is 0 Å². The molecule has 0 aromatic rings. The predicted molar refractivity (Wildman–Crippen MR) is 73.0 cm³/mol. The van der Waals surface area contributed by atoms with Crippen molar-refractivity contribution in [3.05, 3.63) is 12.2 Å². The van der Waals surface area contributed by atoms with Crippen molar-refractivity contribution in [2.24, 2.45) is 0 Å². The van der Waals surface area contributed by atoms with Gasteiger partial charge >= 0.3 is 0 Å². The first-order chi connectivity index (χ1) is 8.17. The molecular formula is C11H23N3O3S. The molecule has 6 nitrogen and oxygen atoms in total. The lowest BCUT2D eigenvalue weighted by Gasteiger charge is -2.22. The summed E-state index contributed by atoms with van der Waals surface area (Å²) in [6, 6.07) is -0.314. The smallest absolute Gasteiger partial charge is 0.208 e. The molecule has 7 heteroatoms. The summed E-state index contributed by atoms with van der Waals surface area (Å²) in [4.78, 5) is 13.6. The van der Waals surface area contributed by atoms with Gasteiger partial charge in [-0.25, -0.2) is 13.1 Å². The normalized spacial score (nSPS) is 13.6. The summed E-state index contributed by atoms with van der Waals surface area (Å²) in [5, 5.41) is 2.93. The van der Waals surface area contributed by atoms with Crippen LogP contribution in [0.3, 0.4) is 0 Å². The summed E-state index contributed by atoms with van der Waals surface area (Å²) < 4.78 is 24.2. The molecular weight excluding hydrogens is 254 g/mol. The molecule has 2 N–H and O–H groups in total. The fourth-order valence-electron chi connectivity index (χ4n) is 1.43. The topological polar surface area (TPSA) is 78.5 Å². The van der Waals surface area contributed by atoms with Crippen LogP contribution in [0.25, 0.3) is 0 Å². The number of hydrogen-bond acceptors (Lipinski definition) is 5. The van der Waals surface area contributed by atoms with Gasteiger partial charge in [0, 0.05) is 19.6 Å². The van der Waals surface area contributed by atoms with Crippen molar-refractivity contribution in [2.75, 3.05) is 40.0 Å². The van der Waals surface area contributed by atoms with E-state index >= 15 is 0 Å². The van der Waals surface area contributed by atoms with Crippen LogP contribution in [-0.2, 0) is 14.8 Å². The number of carbonyl (C=O) groups is 1. The van der Waals surface area contributed by atoms with Crippen molar-refractivity contribution in [3.8, 4) is 0 Å². The highest BCUT2D eigenvalue weighted by Gasteiger charge is 2.18. The minimum Gasteiger partial charge on any atom is -0.309 e. The molecule has 0 bridgehead atoms. The zero-order chi connectivity index (χ0) is 14.3. The third-order valence-electron chi connectivity index (χ3n) is 2.44. The van der Waals surface area contributed by atoms with Crippen LogP contribution in [0.4, 0.5) is 0 Å². The number of nitrogens with zero attached hydrogens (tertiary/aromatic N) is 1. The molecule has 106 valence electrons. The maximum Gasteiger partial charge on any atom is 0.208 e. The maximum absolute atomic E-state index is 11.7. The molecule has 0 aliphatic heterocycles. The molecule has 0 aromatic heterocycles. The SMILES string of the molecule is C=C(C)C(=O)C(CN(C)CCNS(C)(=O)=O)NC. The highest BCUT2D eigenvalue weighted by molar-refractivity contribution is 7.88. The average Bonchev–Trinajstić information content (AvgIpc) is 2.22. The van der Waals surface area contributed by atoms with Gasteiger partial charge < -0.3 is 10.2 Å². The van der Waals surface area contributed by atoms with E-state index in [0.29, 0.717) is 25.2 Å². The van der Waals surface area contributed by atoms with E-state index in [-0.39, 0.29) is 11.8 Å². The van der Waals surface area contributed by atoms with Gasteiger partial charge in [0.2, 0.25) is 10.0 Å². The van der Waals surface area contributed by atoms with Crippen LogP contribution in [-0.4, -0.2) is 65.1 Å². The third kappa shape index (κ3) is 7.54. The van der Waals surface area contributed by atoms with Crippen LogP contribution in [0.15, 0.2) is 12.2 Å².